The fraction of sp³-hybridized carbons (Fsp3) is 0.222. The molecule has 0 unspecified atom stereocenters. The Kier molecular flexibility index (Phi) is 5.12. The van der Waals surface area contributed by atoms with Crippen LogP contribution in [0.1, 0.15) is 24.2 Å². The highest BCUT2D eigenvalue weighted by Gasteiger charge is 2.15. The third-order valence-electron chi connectivity index (χ3n) is 3.81. The number of thiophene rings is 1. The van der Waals surface area contributed by atoms with Crippen LogP contribution in [0, 0.1) is 0 Å². The van der Waals surface area contributed by atoms with Crippen molar-refractivity contribution in [2.24, 2.45) is 0 Å². The molecule has 0 atom stereocenters. The van der Waals surface area contributed by atoms with Gasteiger partial charge in [0.25, 0.3) is 0 Å². The lowest BCUT2D eigenvalue weighted by molar-refractivity contribution is 0.385. The summed E-state index contributed by atoms with van der Waals surface area (Å²) in [6.07, 6.45) is 0.669. The highest BCUT2D eigenvalue weighted by molar-refractivity contribution is 7.98. The number of hydrogen-bond donors (Lipinski definition) is 0. The van der Waals surface area contributed by atoms with Crippen LogP contribution in [0.2, 0.25) is 0 Å². The molecule has 3 heterocycles. The first-order valence-corrected chi connectivity index (χ1v) is 10.1. The van der Waals surface area contributed by atoms with Crippen LogP contribution in [0.5, 0.6) is 0 Å². The van der Waals surface area contributed by atoms with Crippen molar-refractivity contribution in [2.45, 2.75) is 30.8 Å². The highest BCUT2D eigenvalue weighted by atomic mass is 32.2. The molecule has 26 heavy (non-hydrogen) atoms. The molecule has 0 aliphatic carbocycles. The summed E-state index contributed by atoms with van der Waals surface area (Å²) in [6.45, 7) is 2.90. The first kappa shape index (κ1) is 17.0. The SMILES string of the molecule is CCn1c(SCc2nc(Cc3ccccc3)no2)nnc1-c1cccs1. The van der Waals surface area contributed by atoms with E-state index in [0.717, 1.165) is 22.4 Å². The van der Waals surface area contributed by atoms with Crippen molar-refractivity contribution in [3.63, 3.8) is 0 Å². The Bertz CT molecular complexity index is 963. The predicted octanol–water partition coefficient (Wildman–Crippen LogP) is 4.29. The van der Waals surface area contributed by atoms with Crippen LogP contribution in [-0.2, 0) is 18.7 Å². The monoisotopic (exact) mass is 383 g/mol. The van der Waals surface area contributed by atoms with Gasteiger partial charge in [0, 0.05) is 13.0 Å². The number of benzene rings is 1. The molecule has 132 valence electrons. The molecular formula is C18H17N5OS2. The van der Waals surface area contributed by atoms with Crippen molar-refractivity contribution in [3.05, 3.63) is 65.1 Å². The standard InChI is InChI=1S/C18H17N5OS2/c1-2-23-17(14-9-6-10-25-14)20-21-18(23)26-12-16-19-15(22-24-16)11-13-7-4-3-5-8-13/h3-10H,2,11-12H2,1H3. The molecule has 0 aliphatic rings. The van der Waals surface area contributed by atoms with Crippen LogP contribution in [0.3, 0.4) is 0 Å². The van der Waals surface area contributed by atoms with Crippen molar-refractivity contribution in [1.29, 1.82) is 0 Å². The number of rotatable bonds is 7. The Hall–Kier alpha value is -2.45. The molecule has 0 saturated heterocycles. The molecule has 6 nitrogen and oxygen atoms in total. The maximum Gasteiger partial charge on any atom is 0.237 e. The van der Waals surface area contributed by atoms with Crippen LogP contribution >= 0.6 is 23.1 Å². The minimum Gasteiger partial charge on any atom is -0.338 e. The van der Waals surface area contributed by atoms with Crippen molar-refractivity contribution in [1.82, 2.24) is 24.9 Å². The molecule has 0 spiro atoms. The van der Waals surface area contributed by atoms with Gasteiger partial charge in [-0.3, -0.25) is 0 Å². The average molecular weight is 384 g/mol. The van der Waals surface area contributed by atoms with Gasteiger partial charge in [0.1, 0.15) is 0 Å². The zero-order valence-electron chi connectivity index (χ0n) is 14.2. The summed E-state index contributed by atoms with van der Waals surface area (Å²) in [5.41, 5.74) is 1.17. The molecule has 0 aliphatic heterocycles. The van der Waals surface area contributed by atoms with Crippen LogP contribution in [0.4, 0.5) is 0 Å². The Morgan fingerprint density at radius 2 is 2.00 bits per heavy atom. The molecular weight excluding hydrogens is 366 g/mol. The van der Waals surface area contributed by atoms with E-state index in [1.54, 1.807) is 23.1 Å². The van der Waals surface area contributed by atoms with Crippen molar-refractivity contribution in [3.8, 4) is 10.7 Å². The van der Waals surface area contributed by atoms with E-state index in [4.69, 9.17) is 4.52 Å². The van der Waals surface area contributed by atoms with Gasteiger partial charge < -0.3 is 9.09 Å². The molecule has 8 heteroatoms. The maximum absolute atomic E-state index is 5.37. The first-order valence-electron chi connectivity index (χ1n) is 8.28. The van der Waals surface area contributed by atoms with E-state index < -0.39 is 0 Å². The van der Waals surface area contributed by atoms with E-state index in [1.807, 2.05) is 29.6 Å². The lowest BCUT2D eigenvalue weighted by Crippen LogP contribution is -1.99. The second-order valence-corrected chi connectivity index (χ2v) is 7.47. The van der Waals surface area contributed by atoms with Gasteiger partial charge in [0.05, 0.1) is 10.6 Å². The van der Waals surface area contributed by atoms with E-state index >= 15 is 0 Å². The van der Waals surface area contributed by atoms with Gasteiger partial charge >= 0.3 is 0 Å². The number of thioether (sulfide) groups is 1. The van der Waals surface area contributed by atoms with Crippen LogP contribution in [-0.4, -0.2) is 24.9 Å². The molecule has 0 bridgehead atoms. The summed E-state index contributed by atoms with van der Waals surface area (Å²) in [4.78, 5) is 5.60. The average Bonchev–Trinajstić information content (AvgIpc) is 3.41. The topological polar surface area (TPSA) is 69.6 Å². The second kappa shape index (κ2) is 7.84. The molecule has 0 saturated carbocycles. The zero-order valence-corrected chi connectivity index (χ0v) is 15.8. The summed E-state index contributed by atoms with van der Waals surface area (Å²) in [6, 6.07) is 14.2. The van der Waals surface area contributed by atoms with Crippen molar-refractivity contribution < 1.29 is 4.52 Å². The second-order valence-electron chi connectivity index (χ2n) is 5.58. The lowest BCUT2D eigenvalue weighted by atomic mass is 10.1. The molecule has 0 radical (unpaired) electrons. The smallest absolute Gasteiger partial charge is 0.237 e. The Balaban J connectivity index is 1.43. The van der Waals surface area contributed by atoms with E-state index in [0.29, 0.717) is 23.9 Å². The summed E-state index contributed by atoms with van der Waals surface area (Å²) in [5, 5.41) is 15.6. The third kappa shape index (κ3) is 3.71. The summed E-state index contributed by atoms with van der Waals surface area (Å²) in [5.74, 6) is 2.78. The lowest BCUT2D eigenvalue weighted by Gasteiger charge is -2.04. The minimum atomic E-state index is 0.574. The quantitative estimate of drug-likeness (QED) is 0.443. The van der Waals surface area contributed by atoms with Gasteiger partial charge in [-0.05, 0) is 23.9 Å². The molecule has 0 fully saturated rings. The maximum atomic E-state index is 5.37. The normalized spacial score (nSPS) is 11.1. The van der Waals surface area contributed by atoms with Crippen LogP contribution < -0.4 is 0 Å². The Labute approximate surface area is 159 Å². The van der Waals surface area contributed by atoms with Gasteiger partial charge in [-0.15, -0.1) is 21.5 Å². The van der Waals surface area contributed by atoms with Gasteiger partial charge in [-0.2, -0.15) is 4.98 Å². The van der Waals surface area contributed by atoms with Gasteiger partial charge in [-0.25, -0.2) is 0 Å². The highest BCUT2D eigenvalue weighted by Crippen LogP contribution is 2.28. The summed E-state index contributed by atoms with van der Waals surface area (Å²) < 4.78 is 7.48. The largest absolute Gasteiger partial charge is 0.338 e. The van der Waals surface area contributed by atoms with E-state index in [1.165, 1.54) is 5.56 Å². The van der Waals surface area contributed by atoms with Gasteiger partial charge in [0.15, 0.2) is 16.8 Å². The number of nitrogens with zero attached hydrogens (tertiary/aromatic N) is 5. The van der Waals surface area contributed by atoms with Crippen LogP contribution in [0.25, 0.3) is 10.7 Å². The van der Waals surface area contributed by atoms with Crippen LogP contribution in [0.15, 0.2) is 57.5 Å². The minimum absolute atomic E-state index is 0.574. The molecule has 4 rings (SSSR count). The molecule has 4 aromatic rings. The van der Waals surface area contributed by atoms with E-state index in [-0.39, 0.29) is 0 Å². The third-order valence-corrected chi connectivity index (χ3v) is 5.63. The molecule has 0 amide bonds. The van der Waals surface area contributed by atoms with Crippen molar-refractivity contribution >= 4 is 23.1 Å². The summed E-state index contributed by atoms with van der Waals surface area (Å²) >= 11 is 3.22. The first-order chi connectivity index (χ1) is 12.8. The fourth-order valence-electron chi connectivity index (χ4n) is 2.59. The van der Waals surface area contributed by atoms with Crippen molar-refractivity contribution in [2.75, 3.05) is 0 Å². The van der Waals surface area contributed by atoms with E-state index in [9.17, 15) is 0 Å². The Morgan fingerprint density at radius 3 is 2.77 bits per heavy atom. The zero-order chi connectivity index (χ0) is 17.8. The fourth-order valence-corrected chi connectivity index (χ4v) is 4.15. The number of hydrogen-bond acceptors (Lipinski definition) is 7. The van der Waals surface area contributed by atoms with E-state index in [2.05, 4.69) is 50.0 Å². The summed E-state index contributed by atoms with van der Waals surface area (Å²) in [7, 11) is 0. The van der Waals surface area contributed by atoms with Gasteiger partial charge in [-0.1, -0.05) is 53.3 Å². The predicted molar refractivity (Wildman–Crippen MR) is 102 cm³/mol. The number of aromatic nitrogens is 5. The van der Waals surface area contributed by atoms with Gasteiger partial charge in [0.2, 0.25) is 5.89 Å². The molecule has 1 aromatic carbocycles. The molecule has 3 aromatic heterocycles. The Morgan fingerprint density at radius 1 is 1.12 bits per heavy atom. The molecule has 0 N–H and O–H groups in total.